The van der Waals surface area contributed by atoms with Gasteiger partial charge in [-0.3, -0.25) is 4.79 Å². The van der Waals surface area contributed by atoms with Crippen LogP contribution in [0.25, 0.3) is 0 Å². The molecule has 1 aromatic carbocycles. The Kier molecular flexibility index (Phi) is 3.32. The van der Waals surface area contributed by atoms with Crippen LogP contribution in [0.3, 0.4) is 0 Å². The van der Waals surface area contributed by atoms with Crippen molar-refractivity contribution in [2.45, 2.75) is 51.1 Å². The van der Waals surface area contributed by atoms with Crippen molar-refractivity contribution in [1.82, 2.24) is 0 Å². The van der Waals surface area contributed by atoms with Gasteiger partial charge in [0.05, 0.1) is 11.4 Å². The summed E-state index contributed by atoms with van der Waals surface area (Å²) in [5, 5.41) is 0. The van der Waals surface area contributed by atoms with Gasteiger partial charge < -0.3 is 15.5 Å². The average molecular weight is 273 g/mol. The fraction of sp³-hybridized carbons (Fsp3) is 0.562. The van der Waals surface area contributed by atoms with Crippen LogP contribution >= 0.6 is 0 Å². The minimum absolute atomic E-state index is 0.0996. The van der Waals surface area contributed by atoms with Crippen LogP contribution in [0, 0.1) is 0 Å². The Bertz CT molecular complexity index is 522. The molecule has 2 aliphatic rings. The van der Waals surface area contributed by atoms with Crippen molar-refractivity contribution >= 4 is 23.0 Å². The minimum atomic E-state index is -0.0996. The first kappa shape index (κ1) is 13.3. The molecule has 4 nitrogen and oxygen atoms in total. The first-order valence-electron chi connectivity index (χ1n) is 7.55. The van der Waals surface area contributed by atoms with E-state index in [2.05, 4.69) is 4.90 Å². The van der Waals surface area contributed by atoms with E-state index in [1.54, 1.807) is 4.90 Å². The van der Waals surface area contributed by atoms with E-state index in [9.17, 15) is 4.79 Å². The van der Waals surface area contributed by atoms with Crippen LogP contribution in [-0.2, 0) is 4.79 Å². The Morgan fingerprint density at radius 2 is 1.85 bits per heavy atom. The van der Waals surface area contributed by atoms with E-state index in [1.807, 2.05) is 32.2 Å². The Morgan fingerprint density at radius 1 is 1.15 bits per heavy atom. The van der Waals surface area contributed by atoms with Gasteiger partial charge in [0.25, 0.3) is 0 Å². The molecule has 1 saturated carbocycles. The van der Waals surface area contributed by atoms with E-state index in [1.165, 1.54) is 32.1 Å². The van der Waals surface area contributed by atoms with Gasteiger partial charge in [0.15, 0.2) is 0 Å². The number of hydrogen-bond acceptors (Lipinski definition) is 3. The maximum absolute atomic E-state index is 12.5. The molecule has 0 spiro atoms. The zero-order chi connectivity index (χ0) is 14.3. The van der Waals surface area contributed by atoms with Gasteiger partial charge in [-0.05, 0) is 38.0 Å². The van der Waals surface area contributed by atoms with Gasteiger partial charge in [-0.1, -0.05) is 19.3 Å². The first-order valence-corrected chi connectivity index (χ1v) is 7.55. The zero-order valence-electron chi connectivity index (χ0n) is 12.3. The monoisotopic (exact) mass is 273 g/mol. The lowest BCUT2D eigenvalue weighted by molar-refractivity contribution is -0.119. The third kappa shape index (κ3) is 2.03. The maximum Gasteiger partial charge on any atom is 0.249 e. The second kappa shape index (κ2) is 5.00. The van der Waals surface area contributed by atoms with Crippen LogP contribution in [0.4, 0.5) is 17.1 Å². The number of fused-ring (bicyclic) bond motifs is 1. The zero-order valence-corrected chi connectivity index (χ0v) is 12.3. The highest BCUT2D eigenvalue weighted by Crippen LogP contribution is 2.40. The molecule has 1 aliphatic heterocycles. The topological polar surface area (TPSA) is 49.6 Å². The summed E-state index contributed by atoms with van der Waals surface area (Å²) in [5.41, 5.74) is 8.83. The molecule has 1 amide bonds. The van der Waals surface area contributed by atoms with Gasteiger partial charge >= 0.3 is 0 Å². The van der Waals surface area contributed by atoms with Crippen LogP contribution in [0.15, 0.2) is 18.2 Å². The average Bonchev–Trinajstić information content (AvgIpc) is 2.46. The first-order chi connectivity index (χ1) is 9.59. The molecule has 1 aromatic rings. The molecule has 20 heavy (non-hydrogen) atoms. The predicted octanol–water partition coefficient (Wildman–Crippen LogP) is 2.77. The Labute approximate surface area is 120 Å². The number of likely N-dealkylation sites (N-methyl/N-ethyl adjacent to an activating group) is 1. The number of benzene rings is 1. The van der Waals surface area contributed by atoms with E-state index in [0.29, 0.717) is 6.04 Å². The van der Waals surface area contributed by atoms with Gasteiger partial charge in [0.2, 0.25) is 5.91 Å². The number of carbonyl (C=O) groups is 1. The predicted molar refractivity (Wildman–Crippen MR) is 83.1 cm³/mol. The lowest BCUT2D eigenvalue weighted by atomic mass is 9.91. The summed E-state index contributed by atoms with van der Waals surface area (Å²) in [6.07, 6.45) is 6.19. The van der Waals surface area contributed by atoms with Crippen molar-refractivity contribution in [1.29, 1.82) is 0 Å². The standard InChI is InChI=1S/C16H23N3O/c1-11-16(20)18(2)14-9-8-12(17)10-15(14)19(11)13-6-4-3-5-7-13/h8-11,13H,3-7,17H2,1-2H3/t11-/m1/s1. The summed E-state index contributed by atoms with van der Waals surface area (Å²) >= 11 is 0. The number of hydrogen-bond donors (Lipinski definition) is 1. The lowest BCUT2D eigenvalue weighted by Crippen LogP contribution is -2.55. The highest BCUT2D eigenvalue weighted by Gasteiger charge is 2.37. The molecule has 0 bridgehead atoms. The third-order valence-corrected chi connectivity index (χ3v) is 4.71. The van der Waals surface area contributed by atoms with Crippen LogP contribution in [-0.4, -0.2) is 25.0 Å². The Balaban J connectivity index is 2.05. The molecule has 3 rings (SSSR count). The van der Waals surface area contributed by atoms with Crippen LogP contribution in [0.2, 0.25) is 0 Å². The molecule has 1 fully saturated rings. The smallest absolute Gasteiger partial charge is 0.249 e. The largest absolute Gasteiger partial charge is 0.399 e. The fourth-order valence-corrected chi connectivity index (χ4v) is 3.63. The van der Waals surface area contributed by atoms with E-state index in [0.717, 1.165) is 17.1 Å². The molecular formula is C16H23N3O. The van der Waals surface area contributed by atoms with Crippen molar-refractivity contribution in [2.24, 2.45) is 0 Å². The number of rotatable bonds is 1. The molecule has 0 radical (unpaired) electrons. The SMILES string of the molecule is C[C@@H]1C(=O)N(C)c2ccc(N)cc2N1C1CCCCC1. The van der Waals surface area contributed by atoms with Crippen molar-refractivity contribution in [3.63, 3.8) is 0 Å². The lowest BCUT2D eigenvalue weighted by Gasteiger charge is -2.45. The van der Waals surface area contributed by atoms with Crippen LogP contribution < -0.4 is 15.5 Å². The van der Waals surface area contributed by atoms with Crippen molar-refractivity contribution in [3.8, 4) is 0 Å². The Hall–Kier alpha value is -1.71. The molecular weight excluding hydrogens is 250 g/mol. The second-order valence-electron chi connectivity index (χ2n) is 6.02. The van der Waals surface area contributed by atoms with Crippen molar-refractivity contribution in [2.75, 3.05) is 22.6 Å². The number of amides is 1. The van der Waals surface area contributed by atoms with E-state index in [-0.39, 0.29) is 11.9 Å². The summed E-state index contributed by atoms with van der Waals surface area (Å²) < 4.78 is 0. The highest BCUT2D eigenvalue weighted by molar-refractivity contribution is 6.05. The molecule has 1 atom stereocenters. The summed E-state index contributed by atoms with van der Waals surface area (Å²) in [5.74, 6) is 0.174. The summed E-state index contributed by atoms with van der Waals surface area (Å²) in [6, 6.07) is 6.22. The molecule has 4 heteroatoms. The van der Waals surface area contributed by atoms with Crippen molar-refractivity contribution < 1.29 is 4.79 Å². The van der Waals surface area contributed by atoms with E-state index in [4.69, 9.17) is 5.73 Å². The summed E-state index contributed by atoms with van der Waals surface area (Å²) in [6.45, 7) is 2.01. The van der Waals surface area contributed by atoms with E-state index < -0.39 is 0 Å². The fourth-order valence-electron chi connectivity index (χ4n) is 3.63. The number of anilines is 3. The molecule has 1 aliphatic carbocycles. The number of nitrogens with two attached hydrogens (primary N) is 1. The van der Waals surface area contributed by atoms with Gasteiger partial charge in [0, 0.05) is 18.8 Å². The van der Waals surface area contributed by atoms with Gasteiger partial charge in [-0.15, -0.1) is 0 Å². The molecule has 2 N–H and O–H groups in total. The third-order valence-electron chi connectivity index (χ3n) is 4.71. The van der Waals surface area contributed by atoms with Gasteiger partial charge in [-0.2, -0.15) is 0 Å². The molecule has 0 saturated heterocycles. The minimum Gasteiger partial charge on any atom is -0.399 e. The van der Waals surface area contributed by atoms with Gasteiger partial charge in [-0.25, -0.2) is 0 Å². The number of nitrogens with zero attached hydrogens (tertiary/aromatic N) is 2. The highest BCUT2D eigenvalue weighted by atomic mass is 16.2. The quantitative estimate of drug-likeness (QED) is 0.800. The second-order valence-corrected chi connectivity index (χ2v) is 6.02. The number of nitrogen functional groups attached to an aromatic ring is 1. The van der Waals surface area contributed by atoms with Gasteiger partial charge in [0.1, 0.15) is 6.04 Å². The number of carbonyl (C=O) groups excluding carboxylic acids is 1. The summed E-state index contributed by atoms with van der Waals surface area (Å²) in [4.78, 5) is 16.6. The van der Waals surface area contributed by atoms with Crippen LogP contribution in [0.5, 0.6) is 0 Å². The van der Waals surface area contributed by atoms with Crippen LogP contribution in [0.1, 0.15) is 39.0 Å². The summed E-state index contributed by atoms with van der Waals surface area (Å²) in [7, 11) is 1.85. The van der Waals surface area contributed by atoms with E-state index >= 15 is 0 Å². The maximum atomic E-state index is 12.5. The Morgan fingerprint density at radius 3 is 2.55 bits per heavy atom. The molecule has 108 valence electrons. The molecule has 1 heterocycles. The van der Waals surface area contributed by atoms with Crippen molar-refractivity contribution in [3.05, 3.63) is 18.2 Å². The normalized spacial score (nSPS) is 23.9. The molecule has 0 unspecified atom stereocenters. The molecule has 0 aromatic heterocycles.